The second-order valence-corrected chi connectivity index (χ2v) is 4.92. The van der Waals surface area contributed by atoms with Crippen molar-refractivity contribution in [1.82, 2.24) is 15.5 Å². The maximum Gasteiger partial charge on any atom is 0.0222 e. The van der Waals surface area contributed by atoms with E-state index in [-0.39, 0.29) is 0 Å². The first kappa shape index (κ1) is 10.4. The van der Waals surface area contributed by atoms with Crippen molar-refractivity contribution in [2.45, 2.75) is 44.8 Å². The average Bonchev–Trinajstić information content (AvgIpc) is 2.18. The molecule has 0 saturated carbocycles. The van der Waals surface area contributed by atoms with Gasteiger partial charge in [-0.2, -0.15) is 0 Å². The summed E-state index contributed by atoms with van der Waals surface area (Å²) in [7, 11) is 0. The van der Waals surface area contributed by atoms with E-state index < -0.39 is 0 Å². The first-order valence-electron chi connectivity index (χ1n) is 5.96. The molecule has 3 heteroatoms. The van der Waals surface area contributed by atoms with Crippen LogP contribution in [0.5, 0.6) is 0 Å². The molecule has 0 amide bonds. The fraction of sp³-hybridized carbons (Fsp3) is 1.00. The summed E-state index contributed by atoms with van der Waals surface area (Å²) in [6.45, 7) is 9.43. The zero-order chi connectivity index (χ0) is 9.97. The molecule has 0 bridgehead atoms. The van der Waals surface area contributed by atoms with Gasteiger partial charge in [-0.25, -0.2) is 0 Å². The van der Waals surface area contributed by atoms with Crippen LogP contribution >= 0.6 is 0 Å². The highest BCUT2D eigenvalue weighted by atomic mass is 15.2. The van der Waals surface area contributed by atoms with Crippen molar-refractivity contribution in [3.05, 3.63) is 0 Å². The first-order chi connectivity index (χ1) is 6.75. The van der Waals surface area contributed by atoms with Gasteiger partial charge in [0.25, 0.3) is 0 Å². The molecule has 82 valence electrons. The Morgan fingerprint density at radius 3 is 2.43 bits per heavy atom. The average molecular weight is 197 g/mol. The molecule has 3 unspecified atom stereocenters. The van der Waals surface area contributed by atoms with Crippen molar-refractivity contribution in [1.29, 1.82) is 0 Å². The first-order valence-corrected chi connectivity index (χ1v) is 5.96. The summed E-state index contributed by atoms with van der Waals surface area (Å²) in [5.74, 6) is 0. The van der Waals surface area contributed by atoms with E-state index in [4.69, 9.17) is 0 Å². The lowest BCUT2D eigenvalue weighted by molar-refractivity contribution is 0.106. The highest BCUT2D eigenvalue weighted by Gasteiger charge is 2.27. The monoisotopic (exact) mass is 197 g/mol. The summed E-state index contributed by atoms with van der Waals surface area (Å²) >= 11 is 0. The minimum absolute atomic E-state index is 0.653. The Kier molecular flexibility index (Phi) is 3.42. The Balaban J connectivity index is 1.88. The summed E-state index contributed by atoms with van der Waals surface area (Å²) in [5.41, 5.74) is 0. The molecule has 0 aliphatic carbocycles. The van der Waals surface area contributed by atoms with Crippen LogP contribution in [0.4, 0.5) is 0 Å². The Bertz CT molecular complexity index is 167. The zero-order valence-corrected chi connectivity index (χ0v) is 9.42. The molecule has 0 radical (unpaired) electrons. The fourth-order valence-electron chi connectivity index (χ4n) is 2.81. The van der Waals surface area contributed by atoms with Gasteiger partial charge in [-0.1, -0.05) is 0 Å². The third-order valence-electron chi connectivity index (χ3n) is 3.37. The third kappa shape index (κ3) is 2.47. The Morgan fingerprint density at radius 2 is 1.86 bits per heavy atom. The van der Waals surface area contributed by atoms with E-state index in [1.54, 1.807) is 0 Å². The van der Waals surface area contributed by atoms with Crippen molar-refractivity contribution in [3.8, 4) is 0 Å². The van der Waals surface area contributed by atoms with Crippen molar-refractivity contribution < 1.29 is 0 Å². The zero-order valence-electron chi connectivity index (χ0n) is 9.42. The lowest BCUT2D eigenvalue weighted by atomic mass is 10.0. The number of nitrogens with zero attached hydrogens (tertiary/aromatic N) is 1. The molecule has 3 atom stereocenters. The lowest BCUT2D eigenvalue weighted by Gasteiger charge is -2.42. The van der Waals surface area contributed by atoms with Crippen molar-refractivity contribution >= 4 is 0 Å². The highest BCUT2D eigenvalue weighted by molar-refractivity contribution is 4.87. The van der Waals surface area contributed by atoms with Gasteiger partial charge in [0.05, 0.1) is 0 Å². The van der Waals surface area contributed by atoms with Crippen LogP contribution in [0.1, 0.15) is 26.7 Å². The van der Waals surface area contributed by atoms with Crippen LogP contribution in [-0.4, -0.2) is 49.2 Å². The van der Waals surface area contributed by atoms with Gasteiger partial charge >= 0.3 is 0 Å². The fourth-order valence-corrected chi connectivity index (χ4v) is 2.81. The summed E-state index contributed by atoms with van der Waals surface area (Å²) in [4.78, 5) is 2.66. The third-order valence-corrected chi connectivity index (χ3v) is 3.37. The smallest absolute Gasteiger partial charge is 0.0222 e. The second kappa shape index (κ2) is 4.60. The number of hydrogen-bond donors (Lipinski definition) is 2. The van der Waals surface area contributed by atoms with E-state index >= 15 is 0 Å². The highest BCUT2D eigenvalue weighted by Crippen LogP contribution is 2.14. The van der Waals surface area contributed by atoms with Crippen LogP contribution in [0.15, 0.2) is 0 Å². The van der Waals surface area contributed by atoms with Gasteiger partial charge in [0.1, 0.15) is 0 Å². The number of piperidine rings is 1. The van der Waals surface area contributed by atoms with Crippen LogP contribution in [0.3, 0.4) is 0 Å². The van der Waals surface area contributed by atoms with E-state index in [2.05, 4.69) is 29.4 Å². The molecule has 2 aliphatic rings. The summed E-state index contributed by atoms with van der Waals surface area (Å²) in [6.07, 6.45) is 2.73. The summed E-state index contributed by atoms with van der Waals surface area (Å²) in [6, 6.07) is 2.09. The van der Waals surface area contributed by atoms with Crippen LogP contribution in [0.2, 0.25) is 0 Å². The normalized spacial score (nSPS) is 41.1. The lowest BCUT2D eigenvalue weighted by Crippen LogP contribution is -2.59. The van der Waals surface area contributed by atoms with Gasteiger partial charge in [0, 0.05) is 37.8 Å². The minimum Gasteiger partial charge on any atom is -0.315 e. The molecule has 0 spiro atoms. The van der Waals surface area contributed by atoms with Gasteiger partial charge in [0.15, 0.2) is 0 Å². The van der Waals surface area contributed by atoms with Crippen LogP contribution in [-0.2, 0) is 0 Å². The number of nitrogens with one attached hydrogen (secondary N) is 2. The number of rotatable bonds is 1. The van der Waals surface area contributed by atoms with E-state index in [0.29, 0.717) is 12.1 Å². The van der Waals surface area contributed by atoms with Crippen LogP contribution < -0.4 is 10.6 Å². The van der Waals surface area contributed by atoms with E-state index in [9.17, 15) is 0 Å². The van der Waals surface area contributed by atoms with Gasteiger partial charge in [-0.05, 0) is 33.2 Å². The van der Waals surface area contributed by atoms with E-state index in [1.807, 2.05) is 0 Å². The molecule has 2 rings (SSSR count). The summed E-state index contributed by atoms with van der Waals surface area (Å²) < 4.78 is 0. The maximum atomic E-state index is 3.59. The molecule has 3 nitrogen and oxygen atoms in total. The Labute approximate surface area is 87.2 Å². The molecule has 2 saturated heterocycles. The topological polar surface area (TPSA) is 27.3 Å². The van der Waals surface area contributed by atoms with Crippen LogP contribution in [0.25, 0.3) is 0 Å². The molecule has 0 aromatic carbocycles. The van der Waals surface area contributed by atoms with Crippen molar-refractivity contribution in [2.24, 2.45) is 0 Å². The molecular formula is C11H23N3. The second-order valence-electron chi connectivity index (χ2n) is 4.92. The quantitative estimate of drug-likeness (QED) is 0.638. The van der Waals surface area contributed by atoms with Crippen molar-refractivity contribution in [3.63, 3.8) is 0 Å². The van der Waals surface area contributed by atoms with E-state index in [1.165, 1.54) is 39.0 Å². The Hall–Kier alpha value is -0.120. The molecule has 0 aromatic heterocycles. The summed E-state index contributed by atoms with van der Waals surface area (Å²) in [5, 5.41) is 7.09. The number of hydrogen-bond acceptors (Lipinski definition) is 3. The molecule has 2 aliphatic heterocycles. The molecular weight excluding hydrogens is 174 g/mol. The molecule has 0 aromatic rings. The van der Waals surface area contributed by atoms with E-state index in [0.717, 1.165) is 6.04 Å². The Morgan fingerprint density at radius 1 is 1.14 bits per heavy atom. The van der Waals surface area contributed by atoms with Crippen molar-refractivity contribution in [2.75, 3.05) is 26.2 Å². The molecule has 2 heterocycles. The van der Waals surface area contributed by atoms with Gasteiger partial charge in [0.2, 0.25) is 0 Å². The van der Waals surface area contributed by atoms with Gasteiger partial charge in [-0.3, -0.25) is 4.90 Å². The van der Waals surface area contributed by atoms with Crippen LogP contribution in [0, 0.1) is 0 Å². The minimum atomic E-state index is 0.653. The largest absolute Gasteiger partial charge is 0.315 e. The maximum absolute atomic E-state index is 3.59. The molecule has 2 fully saturated rings. The standard InChI is InChI=1S/C11H23N3/c1-9-7-14(8-10(2)13-9)11-4-3-5-12-6-11/h9-13H,3-8H2,1-2H3. The predicted molar refractivity (Wildman–Crippen MR) is 59.5 cm³/mol. The van der Waals surface area contributed by atoms with Gasteiger partial charge < -0.3 is 10.6 Å². The molecule has 2 N–H and O–H groups in total. The SMILES string of the molecule is CC1CN(C2CCCNC2)CC(C)N1. The van der Waals surface area contributed by atoms with Gasteiger partial charge in [-0.15, -0.1) is 0 Å². The predicted octanol–water partition coefficient (Wildman–Crippen LogP) is 0.421. The number of piperazine rings is 1. The molecule has 14 heavy (non-hydrogen) atoms.